The van der Waals surface area contributed by atoms with Crippen molar-refractivity contribution < 1.29 is 18.9 Å². The molecule has 1 amide bonds. The van der Waals surface area contributed by atoms with E-state index in [9.17, 15) is 19.3 Å². The standard InChI is InChI=1S/C15H12FN3O4/c16-14-7-2-1-4-11(14)9-17-23-10-15(20)18-12-5-3-6-13(8-12)19(21)22/h1-9H,10H2,(H,18,20)/b17-9-. The van der Waals surface area contributed by atoms with Gasteiger partial charge in [0, 0.05) is 23.4 Å². The second kappa shape index (κ2) is 7.64. The zero-order valence-corrected chi connectivity index (χ0v) is 11.8. The molecule has 0 aliphatic rings. The normalized spacial score (nSPS) is 10.5. The average Bonchev–Trinajstić information content (AvgIpc) is 2.53. The second-order valence-electron chi connectivity index (χ2n) is 4.39. The Morgan fingerprint density at radius 3 is 2.83 bits per heavy atom. The van der Waals surface area contributed by atoms with Crippen LogP contribution in [0.1, 0.15) is 5.56 Å². The first-order chi connectivity index (χ1) is 11.1. The Hall–Kier alpha value is -3.29. The number of rotatable bonds is 6. The fraction of sp³-hybridized carbons (Fsp3) is 0.0667. The van der Waals surface area contributed by atoms with E-state index in [-0.39, 0.29) is 16.9 Å². The van der Waals surface area contributed by atoms with Crippen molar-refractivity contribution in [2.24, 2.45) is 5.16 Å². The Labute approximate surface area is 130 Å². The van der Waals surface area contributed by atoms with Crippen molar-refractivity contribution in [1.29, 1.82) is 0 Å². The average molecular weight is 317 g/mol. The quantitative estimate of drug-likeness (QED) is 0.503. The van der Waals surface area contributed by atoms with Gasteiger partial charge in [-0.1, -0.05) is 29.4 Å². The molecule has 0 spiro atoms. The lowest BCUT2D eigenvalue weighted by molar-refractivity contribution is -0.384. The van der Waals surface area contributed by atoms with Gasteiger partial charge in [-0.05, 0) is 12.1 Å². The summed E-state index contributed by atoms with van der Waals surface area (Å²) in [6.45, 7) is -0.409. The van der Waals surface area contributed by atoms with Gasteiger partial charge < -0.3 is 10.2 Å². The molecular formula is C15H12FN3O4. The van der Waals surface area contributed by atoms with Crippen LogP contribution in [-0.2, 0) is 9.63 Å². The van der Waals surface area contributed by atoms with E-state index in [4.69, 9.17) is 4.84 Å². The largest absolute Gasteiger partial charge is 0.386 e. The summed E-state index contributed by atoms with van der Waals surface area (Å²) in [6, 6.07) is 11.4. The number of nitrogens with one attached hydrogen (secondary N) is 1. The molecular weight excluding hydrogens is 305 g/mol. The monoisotopic (exact) mass is 317 g/mol. The van der Waals surface area contributed by atoms with Crippen molar-refractivity contribution in [1.82, 2.24) is 0 Å². The molecule has 8 heteroatoms. The van der Waals surface area contributed by atoms with Crippen LogP contribution in [0.15, 0.2) is 53.7 Å². The first-order valence-electron chi connectivity index (χ1n) is 6.50. The third-order valence-corrected chi connectivity index (χ3v) is 2.71. The van der Waals surface area contributed by atoms with Gasteiger partial charge in [-0.15, -0.1) is 0 Å². The minimum Gasteiger partial charge on any atom is -0.386 e. The molecule has 0 aliphatic heterocycles. The lowest BCUT2D eigenvalue weighted by atomic mass is 10.2. The first kappa shape index (κ1) is 16.1. The van der Waals surface area contributed by atoms with Crippen LogP contribution < -0.4 is 5.32 Å². The number of hydrogen-bond acceptors (Lipinski definition) is 5. The van der Waals surface area contributed by atoms with Crippen molar-refractivity contribution in [3.05, 3.63) is 70.0 Å². The number of hydrogen-bond donors (Lipinski definition) is 1. The molecule has 0 atom stereocenters. The molecule has 23 heavy (non-hydrogen) atoms. The number of carbonyl (C=O) groups excluding carboxylic acids is 1. The number of nitro benzene ring substituents is 1. The predicted molar refractivity (Wildman–Crippen MR) is 81.7 cm³/mol. The summed E-state index contributed by atoms with van der Waals surface area (Å²) in [5.74, 6) is -1.00. The highest BCUT2D eigenvalue weighted by Crippen LogP contribution is 2.16. The van der Waals surface area contributed by atoms with Gasteiger partial charge in [-0.3, -0.25) is 14.9 Å². The number of anilines is 1. The molecule has 2 aromatic rings. The van der Waals surface area contributed by atoms with Crippen LogP contribution in [0.3, 0.4) is 0 Å². The SMILES string of the molecule is O=C(CO/N=C\c1ccccc1F)Nc1cccc([N+](=O)[O-])c1. The number of carbonyl (C=O) groups is 1. The summed E-state index contributed by atoms with van der Waals surface area (Å²) in [4.78, 5) is 26.4. The number of nitrogens with zero attached hydrogens (tertiary/aromatic N) is 2. The highest BCUT2D eigenvalue weighted by Gasteiger charge is 2.08. The Kier molecular flexibility index (Phi) is 5.35. The van der Waals surface area contributed by atoms with Gasteiger partial charge in [0.1, 0.15) is 5.82 Å². The summed E-state index contributed by atoms with van der Waals surface area (Å²) < 4.78 is 13.3. The molecule has 1 N–H and O–H groups in total. The zero-order valence-electron chi connectivity index (χ0n) is 11.8. The van der Waals surface area contributed by atoms with Gasteiger partial charge in [0.15, 0.2) is 6.61 Å². The minimum absolute atomic E-state index is 0.138. The Balaban J connectivity index is 1.85. The van der Waals surface area contributed by atoms with Gasteiger partial charge in [-0.2, -0.15) is 0 Å². The first-order valence-corrected chi connectivity index (χ1v) is 6.50. The molecule has 0 heterocycles. The fourth-order valence-corrected chi connectivity index (χ4v) is 1.66. The van der Waals surface area contributed by atoms with Gasteiger partial charge in [0.05, 0.1) is 11.1 Å². The van der Waals surface area contributed by atoms with Gasteiger partial charge in [0.25, 0.3) is 11.6 Å². The van der Waals surface area contributed by atoms with Crippen LogP contribution in [0, 0.1) is 15.9 Å². The zero-order chi connectivity index (χ0) is 16.7. The van der Waals surface area contributed by atoms with Gasteiger partial charge in [-0.25, -0.2) is 4.39 Å². The Bertz CT molecular complexity index is 749. The maximum absolute atomic E-state index is 13.3. The molecule has 0 saturated heterocycles. The van der Waals surface area contributed by atoms with Gasteiger partial charge >= 0.3 is 0 Å². The molecule has 0 unspecified atom stereocenters. The van der Waals surface area contributed by atoms with Crippen molar-refractivity contribution in [3.63, 3.8) is 0 Å². The molecule has 0 saturated carbocycles. The summed E-state index contributed by atoms with van der Waals surface area (Å²) in [6.07, 6.45) is 1.15. The Morgan fingerprint density at radius 2 is 2.09 bits per heavy atom. The predicted octanol–water partition coefficient (Wildman–Crippen LogP) is 2.72. The number of oxime groups is 1. The van der Waals surface area contributed by atoms with Crippen molar-refractivity contribution >= 4 is 23.5 Å². The van der Waals surface area contributed by atoms with E-state index >= 15 is 0 Å². The van der Waals surface area contributed by atoms with Crippen molar-refractivity contribution in [2.75, 3.05) is 11.9 Å². The lowest BCUT2D eigenvalue weighted by Crippen LogP contribution is -2.17. The van der Waals surface area contributed by atoms with E-state index in [1.807, 2.05) is 0 Å². The van der Waals surface area contributed by atoms with Crippen LogP contribution >= 0.6 is 0 Å². The number of halogens is 1. The topological polar surface area (TPSA) is 93.8 Å². The summed E-state index contributed by atoms with van der Waals surface area (Å²) in [5, 5.41) is 16.6. The highest BCUT2D eigenvalue weighted by atomic mass is 19.1. The highest BCUT2D eigenvalue weighted by molar-refractivity contribution is 5.92. The maximum atomic E-state index is 13.3. The molecule has 2 rings (SSSR count). The van der Waals surface area contributed by atoms with Crippen LogP contribution in [0.5, 0.6) is 0 Å². The number of benzene rings is 2. The summed E-state index contributed by atoms with van der Waals surface area (Å²) in [7, 11) is 0. The minimum atomic E-state index is -0.565. The molecule has 0 aliphatic carbocycles. The molecule has 0 fully saturated rings. The van der Waals surface area contributed by atoms with Crippen LogP contribution in [0.25, 0.3) is 0 Å². The van der Waals surface area contributed by atoms with E-state index in [2.05, 4.69) is 10.5 Å². The molecule has 2 aromatic carbocycles. The van der Waals surface area contributed by atoms with Crippen molar-refractivity contribution in [3.8, 4) is 0 Å². The second-order valence-corrected chi connectivity index (χ2v) is 4.39. The lowest BCUT2D eigenvalue weighted by Gasteiger charge is -2.04. The van der Waals surface area contributed by atoms with Crippen LogP contribution in [0.4, 0.5) is 15.8 Å². The van der Waals surface area contributed by atoms with E-state index in [0.717, 1.165) is 6.21 Å². The summed E-state index contributed by atoms with van der Waals surface area (Å²) in [5.41, 5.74) is 0.360. The molecule has 7 nitrogen and oxygen atoms in total. The Morgan fingerprint density at radius 1 is 1.30 bits per heavy atom. The van der Waals surface area contributed by atoms with Crippen LogP contribution in [-0.4, -0.2) is 23.7 Å². The van der Waals surface area contributed by atoms with E-state index in [0.29, 0.717) is 0 Å². The number of non-ortho nitro benzene ring substituents is 1. The summed E-state index contributed by atoms with van der Waals surface area (Å²) >= 11 is 0. The third-order valence-electron chi connectivity index (χ3n) is 2.71. The molecule has 0 bridgehead atoms. The molecule has 0 radical (unpaired) electrons. The van der Waals surface area contributed by atoms with E-state index in [1.165, 1.54) is 36.4 Å². The third kappa shape index (κ3) is 4.88. The fourth-order valence-electron chi connectivity index (χ4n) is 1.66. The number of nitro groups is 1. The maximum Gasteiger partial charge on any atom is 0.271 e. The van der Waals surface area contributed by atoms with Gasteiger partial charge in [0.2, 0.25) is 0 Å². The molecule has 0 aromatic heterocycles. The number of amides is 1. The van der Waals surface area contributed by atoms with Crippen LogP contribution in [0.2, 0.25) is 0 Å². The molecule has 118 valence electrons. The van der Waals surface area contributed by atoms with Crippen molar-refractivity contribution in [2.45, 2.75) is 0 Å². The van der Waals surface area contributed by atoms with E-state index < -0.39 is 23.3 Å². The van der Waals surface area contributed by atoms with E-state index in [1.54, 1.807) is 12.1 Å². The smallest absolute Gasteiger partial charge is 0.271 e.